The highest BCUT2D eigenvalue weighted by Crippen LogP contribution is 2.24. The first kappa shape index (κ1) is 13.5. The summed E-state index contributed by atoms with van der Waals surface area (Å²) in [5, 5.41) is 3.29. The second kappa shape index (κ2) is 7.69. The Hall–Kier alpha value is -0.540. The van der Waals surface area contributed by atoms with E-state index in [-0.39, 0.29) is 0 Å². The Kier molecular flexibility index (Phi) is 6.50. The van der Waals surface area contributed by atoms with E-state index in [4.69, 9.17) is 4.42 Å². The highest BCUT2D eigenvalue weighted by molar-refractivity contribution is 9.10. The first-order chi connectivity index (χ1) is 7.77. The molecule has 0 fully saturated rings. The van der Waals surface area contributed by atoms with E-state index in [1.165, 1.54) is 19.3 Å². The number of hydrogen-bond acceptors (Lipinski definition) is 2. The first-order valence-corrected chi connectivity index (χ1v) is 6.60. The minimum atomic E-state index is 0.329. The Morgan fingerprint density at radius 2 is 2.25 bits per heavy atom. The Morgan fingerprint density at radius 1 is 1.44 bits per heavy atom. The van der Waals surface area contributed by atoms with E-state index in [1.54, 1.807) is 0 Å². The Balaban J connectivity index is 2.29. The molecule has 3 heteroatoms. The van der Waals surface area contributed by atoms with Gasteiger partial charge in [-0.1, -0.05) is 18.9 Å². The van der Waals surface area contributed by atoms with Crippen LogP contribution in [-0.4, -0.2) is 7.05 Å². The third kappa shape index (κ3) is 4.54. The van der Waals surface area contributed by atoms with Gasteiger partial charge >= 0.3 is 0 Å². The van der Waals surface area contributed by atoms with Gasteiger partial charge in [-0.2, -0.15) is 0 Å². The molecule has 1 atom stereocenters. The minimum Gasteiger partial charge on any atom is -0.453 e. The van der Waals surface area contributed by atoms with Gasteiger partial charge in [-0.05, 0) is 54.4 Å². The minimum absolute atomic E-state index is 0.329. The highest BCUT2D eigenvalue weighted by Gasteiger charge is 2.12. The maximum Gasteiger partial charge on any atom is 0.169 e. The number of nitrogens with one attached hydrogen (secondary N) is 1. The molecule has 1 aromatic heterocycles. The predicted molar refractivity (Wildman–Crippen MR) is 71.5 cm³/mol. The van der Waals surface area contributed by atoms with E-state index >= 15 is 0 Å². The molecule has 1 unspecified atom stereocenters. The third-order valence-electron chi connectivity index (χ3n) is 2.69. The van der Waals surface area contributed by atoms with Crippen molar-refractivity contribution in [1.82, 2.24) is 5.32 Å². The molecule has 1 aromatic rings. The molecular formula is C13H20BrNO. The predicted octanol–water partition coefficient (Wildman–Crippen LogP) is 4.44. The summed E-state index contributed by atoms with van der Waals surface area (Å²) < 4.78 is 6.35. The molecule has 0 radical (unpaired) electrons. The maximum absolute atomic E-state index is 5.55. The van der Waals surface area contributed by atoms with Gasteiger partial charge in [0.1, 0.15) is 5.76 Å². The smallest absolute Gasteiger partial charge is 0.169 e. The van der Waals surface area contributed by atoms with Crippen molar-refractivity contribution in [2.24, 2.45) is 0 Å². The largest absolute Gasteiger partial charge is 0.453 e. The number of unbranched alkanes of at least 4 members (excludes halogenated alkanes) is 3. The van der Waals surface area contributed by atoms with Crippen LogP contribution < -0.4 is 5.32 Å². The number of furan rings is 1. The molecule has 1 heterocycles. The average Bonchev–Trinajstić information content (AvgIpc) is 2.70. The van der Waals surface area contributed by atoms with Crippen LogP contribution in [-0.2, 0) is 0 Å². The SMILES string of the molecule is C=CCCCCCC(NC)c1ccc(Br)o1. The van der Waals surface area contributed by atoms with Gasteiger partial charge in [-0.15, -0.1) is 6.58 Å². The topological polar surface area (TPSA) is 25.2 Å². The molecule has 0 saturated heterocycles. The molecule has 0 aromatic carbocycles. The van der Waals surface area contributed by atoms with Gasteiger partial charge in [-0.3, -0.25) is 0 Å². The van der Waals surface area contributed by atoms with Crippen molar-refractivity contribution in [3.63, 3.8) is 0 Å². The zero-order valence-corrected chi connectivity index (χ0v) is 11.4. The molecule has 0 spiro atoms. The van der Waals surface area contributed by atoms with Gasteiger partial charge in [0, 0.05) is 0 Å². The first-order valence-electron chi connectivity index (χ1n) is 5.81. The fourth-order valence-electron chi connectivity index (χ4n) is 1.76. The summed E-state index contributed by atoms with van der Waals surface area (Å²) >= 11 is 3.33. The van der Waals surface area contributed by atoms with Crippen molar-refractivity contribution in [3.05, 3.63) is 35.2 Å². The standard InChI is InChI=1S/C13H20BrNO/c1-3-4-5-6-7-8-11(15-2)12-9-10-13(14)16-12/h3,9-11,15H,1,4-8H2,2H3. The van der Waals surface area contributed by atoms with Crippen LogP contribution in [0, 0.1) is 0 Å². The molecule has 2 nitrogen and oxygen atoms in total. The lowest BCUT2D eigenvalue weighted by molar-refractivity contribution is 0.393. The molecular weight excluding hydrogens is 266 g/mol. The van der Waals surface area contributed by atoms with E-state index in [0.29, 0.717) is 6.04 Å². The number of hydrogen-bond donors (Lipinski definition) is 1. The number of allylic oxidation sites excluding steroid dienone is 1. The van der Waals surface area contributed by atoms with E-state index in [9.17, 15) is 0 Å². The van der Waals surface area contributed by atoms with Gasteiger partial charge < -0.3 is 9.73 Å². The maximum atomic E-state index is 5.55. The van der Waals surface area contributed by atoms with Crippen LogP contribution in [0.5, 0.6) is 0 Å². The van der Waals surface area contributed by atoms with Crippen molar-refractivity contribution in [3.8, 4) is 0 Å². The molecule has 1 rings (SSSR count). The van der Waals surface area contributed by atoms with Crippen LogP contribution in [0.2, 0.25) is 0 Å². The fourth-order valence-corrected chi connectivity index (χ4v) is 2.08. The van der Waals surface area contributed by atoms with Crippen molar-refractivity contribution >= 4 is 15.9 Å². The molecule has 1 N–H and O–H groups in total. The number of halogens is 1. The molecule has 16 heavy (non-hydrogen) atoms. The van der Waals surface area contributed by atoms with Crippen LogP contribution in [0.4, 0.5) is 0 Å². The fraction of sp³-hybridized carbons (Fsp3) is 0.538. The quantitative estimate of drug-likeness (QED) is 0.564. The molecule has 0 amide bonds. The van der Waals surface area contributed by atoms with E-state index in [0.717, 1.165) is 23.3 Å². The summed E-state index contributed by atoms with van der Waals surface area (Å²) in [6.45, 7) is 3.73. The van der Waals surface area contributed by atoms with E-state index in [2.05, 4.69) is 27.8 Å². The zero-order chi connectivity index (χ0) is 11.8. The van der Waals surface area contributed by atoms with E-state index in [1.807, 2.05) is 25.3 Å². The van der Waals surface area contributed by atoms with Gasteiger partial charge in [0.2, 0.25) is 0 Å². The lowest BCUT2D eigenvalue weighted by Gasteiger charge is -2.12. The zero-order valence-electron chi connectivity index (χ0n) is 9.84. The molecule has 0 aliphatic carbocycles. The lowest BCUT2D eigenvalue weighted by Crippen LogP contribution is -2.15. The van der Waals surface area contributed by atoms with Gasteiger partial charge in [0.15, 0.2) is 4.67 Å². The van der Waals surface area contributed by atoms with Crippen molar-refractivity contribution in [2.45, 2.75) is 38.1 Å². The van der Waals surface area contributed by atoms with Crippen LogP contribution in [0.3, 0.4) is 0 Å². The normalized spacial score (nSPS) is 12.6. The van der Waals surface area contributed by atoms with Crippen LogP contribution in [0.25, 0.3) is 0 Å². The van der Waals surface area contributed by atoms with Crippen molar-refractivity contribution < 1.29 is 4.42 Å². The van der Waals surface area contributed by atoms with Crippen LogP contribution in [0.1, 0.15) is 43.9 Å². The van der Waals surface area contributed by atoms with Gasteiger partial charge in [0.05, 0.1) is 6.04 Å². The Labute approximate surface area is 106 Å². The van der Waals surface area contributed by atoms with Crippen molar-refractivity contribution in [1.29, 1.82) is 0 Å². The summed E-state index contributed by atoms with van der Waals surface area (Å²) in [7, 11) is 1.98. The molecule has 0 aliphatic heterocycles. The average molecular weight is 286 g/mol. The van der Waals surface area contributed by atoms with Gasteiger partial charge in [0.25, 0.3) is 0 Å². The third-order valence-corrected chi connectivity index (χ3v) is 3.11. The monoisotopic (exact) mass is 285 g/mol. The van der Waals surface area contributed by atoms with E-state index < -0.39 is 0 Å². The summed E-state index contributed by atoms with van der Waals surface area (Å²) in [4.78, 5) is 0. The summed E-state index contributed by atoms with van der Waals surface area (Å²) in [5.74, 6) is 1.01. The van der Waals surface area contributed by atoms with Crippen LogP contribution in [0.15, 0.2) is 33.9 Å². The molecule has 90 valence electrons. The Bertz CT molecular complexity index is 309. The molecule has 0 aliphatic rings. The van der Waals surface area contributed by atoms with Gasteiger partial charge in [-0.25, -0.2) is 0 Å². The lowest BCUT2D eigenvalue weighted by atomic mass is 10.1. The summed E-state index contributed by atoms with van der Waals surface area (Å²) in [6, 6.07) is 4.29. The summed E-state index contributed by atoms with van der Waals surface area (Å²) in [5.41, 5.74) is 0. The van der Waals surface area contributed by atoms with Crippen molar-refractivity contribution in [2.75, 3.05) is 7.05 Å². The molecule has 0 saturated carbocycles. The van der Waals surface area contributed by atoms with Crippen LogP contribution >= 0.6 is 15.9 Å². The Morgan fingerprint density at radius 3 is 2.81 bits per heavy atom. The number of rotatable bonds is 8. The second-order valence-corrected chi connectivity index (χ2v) is 4.69. The summed E-state index contributed by atoms with van der Waals surface area (Å²) in [6.07, 6.45) is 7.94. The second-order valence-electron chi connectivity index (χ2n) is 3.91. The highest BCUT2D eigenvalue weighted by atomic mass is 79.9. The molecule has 0 bridgehead atoms.